The first-order valence-electron chi connectivity index (χ1n) is 7.13. The highest BCUT2D eigenvalue weighted by Crippen LogP contribution is 2.29. The number of aliphatic hydroxyl groups is 1. The van der Waals surface area contributed by atoms with E-state index in [0.29, 0.717) is 25.2 Å². The first-order valence-corrected chi connectivity index (χ1v) is 7.13. The third kappa shape index (κ3) is 5.36. The highest BCUT2D eigenvalue weighted by Gasteiger charge is 2.28. The number of nitrogens with one attached hydrogen (secondary N) is 1. The van der Waals surface area contributed by atoms with Gasteiger partial charge in [-0.15, -0.1) is 0 Å². The van der Waals surface area contributed by atoms with Gasteiger partial charge in [-0.3, -0.25) is 0 Å². The van der Waals surface area contributed by atoms with Crippen LogP contribution in [0.5, 0.6) is 0 Å². The molecule has 1 aliphatic rings. The van der Waals surface area contributed by atoms with Gasteiger partial charge in [0.25, 0.3) is 0 Å². The molecule has 0 amide bonds. The minimum Gasteiger partial charge on any atom is -0.386 e. The van der Waals surface area contributed by atoms with Crippen LogP contribution < -0.4 is 5.32 Å². The van der Waals surface area contributed by atoms with E-state index in [-0.39, 0.29) is 0 Å². The summed E-state index contributed by atoms with van der Waals surface area (Å²) in [7, 11) is 0. The second kappa shape index (κ2) is 7.34. The molecule has 17 heavy (non-hydrogen) atoms. The summed E-state index contributed by atoms with van der Waals surface area (Å²) in [6.07, 6.45) is 6.62. The highest BCUT2D eigenvalue weighted by molar-refractivity contribution is 4.79. The summed E-state index contributed by atoms with van der Waals surface area (Å²) in [6, 6.07) is 0. The molecule has 3 atom stereocenters. The molecule has 0 aliphatic heterocycles. The van der Waals surface area contributed by atoms with Gasteiger partial charge in [-0.2, -0.15) is 0 Å². The van der Waals surface area contributed by atoms with Gasteiger partial charge in [0, 0.05) is 6.54 Å². The zero-order chi connectivity index (χ0) is 12.7. The molecule has 0 saturated heterocycles. The second-order valence-electron chi connectivity index (χ2n) is 5.58. The van der Waals surface area contributed by atoms with E-state index in [1.165, 1.54) is 25.7 Å². The molecular formula is C14H29NO2. The zero-order valence-electron chi connectivity index (χ0n) is 11.7. The number of hydrogen-bond donors (Lipinski definition) is 2. The smallest absolute Gasteiger partial charge is 0.0975 e. The number of likely N-dealkylation sites (N-methyl/N-ethyl adjacent to an activating group) is 1. The van der Waals surface area contributed by atoms with Crippen molar-refractivity contribution < 1.29 is 9.84 Å². The lowest BCUT2D eigenvalue weighted by molar-refractivity contribution is -0.0877. The van der Waals surface area contributed by atoms with Gasteiger partial charge in [-0.1, -0.05) is 33.1 Å². The standard InChI is InChI=1S/C14H29NO2/c1-4-12-8-6-7-9-13(12)17-11-14(3,16)10-15-5-2/h12-13,15-16H,4-11H2,1-3H3. The van der Waals surface area contributed by atoms with Crippen molar-refractivity contribution in [2.24, 2.45) is 5.92 Å². The summed E-state index contributed by atoms with van der Waals surface area (Å²) in [5.74, 6) is 0.693. The Morgan fingerprint density at radius 3 is 2.65 bits per heavy atom. The van der Waals surface area contributed by atoms with E-state index in [2.05, 4.69) is 12.2 Å². The SMILES string of the molecule is CCNCC(C)(O)COC1CCCCC1CC. The van der Waals surface area contributed by atoms with Crippen LogP contribution in [-0.4, -0.2) is 36.5 Å². The molecule has 0 radical (unpaired) electrons. The molecule has 0 bridgehead atoms. The van der Waals surface area contributed by atoms with Crippen molar-refractivity contribution in [3.8, 4) is 0 Å². The second-order valence-corrected chi connectivity index (χ2v) is 5.58. The molecule has 3 unspecified atom stereocenters. The largest absolute Gasteiger partial charge is 0.386 e. The molecule has 3 heteroatoms. The summed E-state index contributed by atoms with van der Waals surface area (Å²) >= 11 is 0. The Hall–Kier alpha value is -0.120. The van der Waals surface area contributed by atoms with Crippen molar-refractivity contribution in [3.63, 3.8) is 0 Å². The van der Waals surface area contributed by atoms with Gasteiger partial charge in [0.2, 0.25) is 0 Å². The van der Waals surface area contributed by atoms with Crippen LogP contribution in [0.4, 0.5) is 0 Å². The van der Waals surface area contributed by atoms with Gasteiger partial charge in [-0.25, -0.2) is 0 Å². The Balaban J connectivity index is 2.32. The molecule has 0 aromatic heterocycles. The molecule has 0 heterocycles. The topological polar surface area (TPSA) is 41.5 Å². The van der Waals surface area contributed by atoms with Crippen molar-refractivity contribution in [1.29, 1.82) is 0 Å². The molecule has 0 aromatic rings. The Bertz CT molecular complexity index is 206. The molecule has 0 spiro atoms. The average molecular weight is 243 g/mol. The fourth-order valence-corrected chi connectivity index (χ4v) is 2.59. The van der Waals surface area contributed by atoms with E-state index in [0.717, 1.165) is 13.0 Å². The molecular weight excluding hydrogens is 214 g/mol. The van der Waals surface area contributed by atoms with Crippen molar-refractivity contribution in [1.82, 2.24) is 5.32 Å². The normalized spacial score (nSPS) is 28.9. The molecule has 3 nitrogen and oxygen atoms in total. The molecule has 1 saturated carbocycles. The fraction of sp³-hybridized carbons (Fsp3) is 1.00. The summed E-state index contributed by atoms with van der Waals surface area (Å²) in [4.78, 5) is 0. The van der Waals surface area contributed by atoms with Gasteiger partial charge < -0.3 is 15.2 Å². The van der Waals surface area contributed by atoms with Crippen LogP contribution in [0.1, 0.15) is 52.9 Å². The van der Waals surface area contributed by atoms with Crippen LogP contribution >= 0.6 is 0 Å². The van der Waals surface area contributed by atoms with Crippen LogP contribution in [-0.2, 0) is 4.74 Å². The quantitative estimate of drug-likeness (QED) is 0.721. The van der Waals surface area contributed by atoms with E-state index in [1.807, 2.05) is 13.8 Å². The molecule has 1 fully saturated rings. The number of hydrogen-bond acceptors (Lipinski definition) is 3. The summed E-state index contributed by atoms with van der Waals surface area (Å²) < 4.78 is 5.96. The minimum atomic E-state index is -0.744. The Morgan fingerprint density at radius 1 is 1.29 bits per heavy atom. The first kappa shape index (κ1) is 14.9. The lowest BCUT2D eigenvalue weighted by Crippen LogP contribution is -2.43. The Morgan fingerprint density at radius 2 is 2.00 bits per heavy atom. The van der Waals surface area contributed by atoms with Crippen LogP contribution in [0.25, 0.3) is 0 Å². The van der Waals surface area contributed by atoms with Crippen molar-refractivity contribution in [3.05, 3.63) is 0 Å². The van der Waals surface area contributed by atoms with Crippen molar-refractivity contribution >= 4 is 0 Å². The van der Waals surface area contributed by atoms with Gasteiger partial charge >= 0.3 is 0 Å². The predicted octanol–water partition coefficient (Wildman–Crippen LogP) is 2.33. The monoisotopic (exact) mass is 243 g/mol. The van der Waals surface area contributed by atoms with Gasteiger partial charge in [0.05, 0.1) is 18.3 Å². The number of ether oxygens (including phenoxy) is 1. The predicted molar refractivity (Wildman–Crippen MR) is 71.2 cm³/mol. The Labute approximate surface area is 106 Å². The Kier molecular flexibility index (Phi) is 6.45. The van der Waals surface area contributed by atoms with Crippen LogP contribution in [0.3, 0.4) is 0 Å². The molecule has 2 N–H and O–H groups in total. The molecule has 0 aromatic carbocycles. The summed E-state index contributed by atoms with van der Waals surface area (Å²) in [5.41, 5.74) is -0.744. The third-order valence-electron chi connectivity index (χ3n) is 3.73. The first-order chi connectivity index (χ1) is 8.09. The van der Waals surface area contributed by atoms with Crippen LogP contribution in [0.2, 0.25) is 0 Å². The highest BCUT2D eigenvalue weighted by atomic mass is 16.5. The number of rotatable bonds is 7. The van der Waals surface area contributed by atoms with Crippen molar-refractivity contribution in [2.45, 2.75) is 64.6 Å². The molecule has 102 valence electrons. The van der Waals surface area contributed by atoms with Gasteiger partial charge in [-0.05, 0) is 32.2 Å². The van der Waals surface area contributed by atoms with E-state index < -0.39 is 5.60 Å². The summed E-state index contributed by atoms with van der Waals surface area (Å²) in [6.45, 7) is 8.07. The van der Waals surface area contributed by atoms with E-state index in [9.17, 15) is 5.11 Å². The zero-order valence-corrected chi connectivity index (χ0v) is 11.7. The maximum atomic E-state index is 10.1. The minimum absolute atomic E-state index is 0.363. The van der Waals surface area contributed by atoms with Crippen LogP contribution in [0.15, 0.2) is 0 Å². The van der Waals surface area contributed by atoms with E-state index >= 15 is 0 Å². The maximum Gasteiger partial charge on any atom is 0.0975 e. The van der Waals surface area contributed by atoms with Gasteiger partial charge in [0.1, 0.15) is 0 Å². The van der Waals surface area contributed by atoms with Gasteiger partial charge in [0.15, 0.2) is 0 Å². The average Bonchev–Trinajstić information content (AvgIpc) is 2.34. The van der Waals surface area contributed by atoms with Crippen molar-refractivity contribution in [2.75, 3.05) is 19.7 Å². The van der Waals surface area contributed by atoms with Crippen LogP contribution in [0, 0.1) is 5.92 Å². The molecule has 1 aliphatic carbocycles. The maximum absolute atomic E-state index is 10.1. The molecule has 1 rings (SSSR count). The lowest BCUT2D eigenvalue weighted by atomic mass is 9.84. The lowest BCUT2D eigenvalue weighted by Gasteiger charge is -2.33. The van der Waals surface area contributed by atoms with E-state index in [1.54, 1.807) is 0 Å². The van der Waals surface area contributed by atoms with E-state index in [4.69, 9.17) is 4.74 Å². The third-order valence-corrected chi connectivity index (χ3v) is 3.73. The fourth-order valence-electron chi connectivity index (χ4n) is 2.59. The summed E-state index contributed by atoms with van der Waals surface area (Å²) in [5, 5.41) is 13.3.